The average Bonchev–Trinajstić information content (AvgIpc) is 2.55. The molecule has 0 aromatic heterocycles. The van der Waals surface area contributed by atoms with Crippen molar-refractivity contribution in [1.82, 2.24) is 14.5 Å². The molecule has 1 heterocycles. The molecule has 24 heavy (non-hydrogen) atoms. The summed E-state index contributed by atoms with van der Waals surface area (Å²) in [7, 11) is -1.68. The second kappa shape index (κ2) is 6.89. The van der Waals surface area contributed by atoms with Crippen molar-refractivity contribution in [2.45, 2.75) is 24.3 Å². The summed E-state index contributed by atoms with van der Waals surface area (Å²) < 4.78 is 26.9. The van der Waals surface area contributed by atoms with E-state index < -0.39 is 21.5 Å². The fourth-order valence-corrected chi connectivity index (χ4v) is 3.83. The molecule has 0 bridgehead atoms. The van der Waals surface area contributed by atoms with E-state index in [1.54, 1.807) is 13.8 Å². The molecule has 1 N–H and O–H groups in total. The van der Waals surface area contributed by atoms with Gasteiger partial charge in [-0.15, -0.1) is 0 Å². The number of carbonyl (C=O) groups is 1. The van der Waals surface area contributed by atoms with Crippen molar-refractivity contribution >= 4 is 15.9 Å². The highest BCUT2D eigenvalue weighted by molar-refractivity contribution is 7.89. The number of piperazine rings is 1. The van der Waals surface area contributed by atoms with E-state index in [4.69, 9.17) is 5.26 Å². The van der Waals surface area contributed by atoms with Crippen molar-refractivity contribution in [3.63, 3.8) is 0 Å². The zero-order valence-corrected chi connectivity index (χ0v) is 14.9. The van der Waals surface area contributed by atoms with Gasteiger partial charge in [-0.2, -0.15) is 9.57 Å². The fourth-order valence-electron chi connectivity index (χ4n) is 2.36. The van der Waals surface area contributed by atoms with Gasteiger partial charge in [0.25, 0.3) is 5.91 Å². The molecule has 1 aromatic rings. The Balaban J connectivity index is 2.24. The first kappa shape index (κ1) is 18.4. The van der Waals surface area contributed by atoms with Crippen LogP contribution in [0.15, 0.2) is 29.2 Å². The minimum atomic E-state index is -3.63. The van der Waals surface area contributed by atoms with Gasteiger partial charge in [0.2, 0.25) is 10.0 Å². The summed E-state index contributed by atoms with van der Waals surface area (Å²) >= 11 is 0. The zero-order chi connectivity index (χ0) is 18.0. The number of likely N-dealkylation sites (N-methyl/N-ethyl adjacent to an activating group) is 1. The minimum Gasteiger partial charge on any atom is -0.334 e. The summed E-state index contributed by atoms with van der Waals surface area (Å²) in [6, 6.07) is 7.90. The number of hydrogen-bond acceptors (Lipinski definition) is 5. The largest absolute Gasteiger partial charge is 0.334 e. The number of rotatable bonds is 4. The summed E-state index contributed by atoms with van der Waals surface area (Å²) in [5.41, 5.74) is -0.808. The topological polar surface area (TPSA) is 93.5 Å². The SMILES string of the molecule is CN1CCN(S(=O)(=O)c2cccc(C(=O)NC(C)(C)C#N)c2)CC1. The van der Waals surface area contributed by atoms with E-state index in [0.717, 1.165) is 0 Å². The summed E-state index contributed by atoms with van der Waals surface area (Å²) in [5.74, 6) is -0.475. The molecular weight excluding hydrogens is 328 g/mol. The molecule has 130 valence electrons. The molecular formula is C16H22N4O3S. The molecule has 1 fully saturated rings. The molecule has 2 rings (SSSR count). The van der Waals surface area contributed by atoms with Gasteiger partial charge in [0.1, 0.15) is 5.54 Å². The molecule has 1 saturated heterocycles. The number of nitrogens with one attached hydrogen (secondary N) is 1. The van der Waals surface area contributed by atoms with E-state index in [1.165, 1.54) is 28.6 Å². The number of nitriles is 1. The van der Waals surface area contributed by atoms with Crippen molar-refractivity contribution in [1.29, 1.82) is 5.26 Å². The van der Waals surface area contributed by atoms with E-state index in [2.05, 4.69) is 10.2 Å². The van der Waals surface area contributed by atoms with Gasteiger partial charge in [-0.1, -0.05) is 6.07 Å². The molecule has 1 aromatic carbocycles. The van der Waals surface area contributed by atoms with Crippen molar-refractivity contribution in [3.05, 3.63) is 29.8 Å². The number of benzene rings is 1. The smallest absolute Gasteiger partial charge is 0.252 e. The Morgan fingerprint density at radius 1 is 1.25 bits per heavy atom. The fraction of sp³-hybridized carbons (Fsp3) is 0.500. The summed E-state index contributed by atoms with van der Waals surface area (Å²) in [6.07, 6.45) is 0. The van der Waals surface area contributed by atoms with Gasteiger partial charge < -0.3 is 10.2 Å². The Morgan fingerprint density at radius 3 is 2.46 bits per heavy atom. The number of sulfonamides is 1. The third-order valence-electron chi connectivity index (χ3n) is 3.90. The van der Waals surface area contributed by atoms with Crippen molar-refractivity contribution in [2.75, 3.05) is 33.2 Å². The van der Waals surface area contributed by atoms with Crippen molar-refractivity contribution in [2.24, 2.45) is 0 Å². The molecule has 7 nitrogen and oxygen atoms in total. The van der Waals surface area contributed by atoms with Crippen LogP contribution in [0.5, 0.6) is 0 Å². The van der Waals surface area contributed by atoms with Gasteiger partial charge in [0.15, 0.2) is 0 Å². The van der Waals surface area contributed by atoms with Gasteiger partial charge >= 0.3 is 0 Å². The monoisotopic (exact) mass is 350 g/mol. The maximum absolute atomic E-state index is 12.7. The normalized spacial score (nSPS) is 17.2. The predicted octanol–water partition coefficient (Wildman–Crippen LogP) is 0.655. The molecule has 0 saturated carbocycles. The highest BCUT2D eigenvalue weighted by Gasteiger charge is 2.28. The molecule has 1 aliphatic heterocycles. The number of nitrogens with zero attached hydrogens (tertiary/aromatic N) is 3. The third kappa shape index (κ3) is 4.12. The van der Waals surface area contributed by atoms with Gasteiger partial charge in [-0.05, 0) is 39.1 Å². The van der Waals surface area contributed by atoms with Crippen LogP contribution >= 0.6 is 0 Å². The van der Waals surface area contributed by atoms with E-state index in [1.807, 2.05) is 13.1 Å². The second-order valence-electron chi connectivity index (χ2n) is 6.43. The molecule has 0 atom stereocenters. The molecule has 8 heteroatoms. The lowest BCUT2D eigenvalue weighted by Crippen LogP contribution is -2.47. The van der Waals surface area contributed by atoms with Gasteiger partial charge in [-0.25, -0.2) is 8.42 Å². The van der Waals surface area contributed by atoms with Crippen LogP contribution in [-0.4, -0.2) is 62.3 Å². The van der Waals surface area contributed by atoms with Crippen LogP contribution < -0.4 is 5.32 Å². The quantitative estimate of drug-likeness (QED) is 0.861. The highest BCUT2D eigenvalue weighted by atomic mass is 32.2. The maximum Gasteiger partial charge on any atom is 0.252 e. The zero-order valence-electron chi connectivity index (χ0n) is 14.1. The van der Waals surface area contributed by atoms with E-state index in [9.17, 15) is 13.2 Å². The highest BCUT2D eigenvalue weighted by Crippen LogP contribution is 2.19. The van der Waals surface area contributed by atoms with Gasteiger partial charge in [-0.3, -0.25) is 4.79 Å². The van der Waals surface area contributed by atoms with Crippen molar-refractivity contribution < 1.29 is 13.2 Å². The molecule has 1 amide bonds. The Bertz CT molecular complexity index is 760. The molecule has 0 aliphatic carbocycles. The maximum atomic E-state index is 12.7. The Kier molecular flexibility index (Phi) is 5.28. The number of amides is 1. The first-order valence-electron chi connectivity index (χ1n) is 7.68. The predicted molar refractivity (Wildman–Crippen MR) is 89.9 cm³/mol. The molecule has 0 unspecified atom stereocenters. The molecule has 0 spiro atoms. The first-order chi connectivity index (χ1) is 11.2. The summed E-state index contributed by atoms with van der Waals surface area (Å²) in [4.78, 5) is 14.4. The van der Waals surface area contributed by atoms with Crippen LogP contribution in [0.2, 0.25) is 0 Å². The van der Waals surface area contributed by atoms with E-state index in [-0.39, 0.29) is 10.5 Å². The van der Waals surface area contributed by atoms with Gasteiger partial charge in [0.05, 0.1) is 11.0 Å². The lowest BCUT2D eigenvalue weighted by Gasteiger charge is -2.31. The number of hydrogen-bond donors (Lipinski definition) is 1. The Hall–Kier alpha value is -1.95. The first-order valence-corrected chi connectivity index (χ1v) is 9.12. The van der Waals surface area contributed by atoms with Crippen LogP contribution in [0.25, 0.3) is 0 Å². The van der Waals surface area contributed by atoms with Crippen LogP contribution in [0, 0.1) is 11.3 Å². The van der Waals surface area contributed by atoms with Crippen molar-refractivity contribution in [3.8, 4) is 6.07 Å². The molecule has 1 aliphatic rings. The van der Waals surface area contributed by atoms with Crippen LogP contribution in [0.4, 0.5) is 0 Å². The van der Waals surface area contributed by atoms with Crippen LogP contribution in [0.1, 0.15) is 24.2 Å². The van der Waals surface area contributed by atoms with E-state index >= 15 is 0 Å². The lowest BCUT2D eigenvalue weighted by atomic mass is 10.1. The average molecular weight is 350 g/mol. The Morgan fingerprint density at radius 2 is 1.88 bits per heavy atom. The second-order valence-corrected chi connectivity index (χ2v) is 8.36. The third-order valence-corrected chi connectivity index (χ3v) is 5.80. The number of carbonyl (C=O) groups excluding carboxylic acids is 1. The van der Waals surface area contributed by atoms with Crippen LogP contribution in [0.3, 0.4) is 0 Å². The summed E-state index contributed by atoms with van der Waals surface area (Å²) in [6.45, 7) is 5.37. The standard InChI is InChI=1S/C16H22N4O3S/c1-16(2,12-17)18-15(21)13-5-4-6-14(11-13)24(22,23)20-9-7-19(3)8-10-20/h4-6,11H,7-10H2,1-3H3,(H,18,21). The van der Waals surface area contributed by atoms with E-state index in [0.29, 0.717) is 26.2 Å². The van der Waals surface area contributed by atoms with Gasteiger partial charge in [0, 0.05) is 31.7 Å². The lowest BCUT2D eigenvalue weighted by molar-refractivity contribution is 0.0929. The minimum absolute atomic E-state index is 0.0921. The molecule has 0 radical (unpaired) electrons. The van der Waals surface area contributed by atoms with Crippen LogP contribution in [-0.2, 0) is 10.0 Å². The summed E-state index contributed by atoms with van der Waals surface area (Å²) in [5, 5.41) is 11.6. The Labute approximate surface area is 142 Å².